The molecule has 0 aromatic heterocycles. The molecule has 0 saturated carbocycles. The molecule has 1 aromatic rings. The number of hydrogen-bond acceptors (Lipinski definition) is 5. The topological polar surface area (TPSA) is 92.3 Å². The highest BCUT2D eigenvalue weighted by molar-refractivity contribution is 5.90. The quantitative estimate of drug-likeness (QED) is 0.806. The van der Waals surface area contributed by atoms with Crippen LogP contribution in [0.5, 0.6) is 0 Å². The van der Waals surface area contributed by atoms with Crippen molar-refractivity contribution in [2.45, 2.75) is 52.2 Å². The van der Waals surface area contributed by atoms with Gasteiger partial charge in [-0.1, -0.05) is 13.8 Å². The first-order valence-corrected chi connectivity index (χ1v) is 8.75. The highest BCUT2D eigenvalue weighted by atomic mass is 19.1. The number of carbonyl (C=O) groups is 2. The molecule has 1 aliphatic heterocycles. The number of carboxylic acid groups (broad SMARTS) is 2. The maximum absolute atomic E-state index is 14.6. The van der Waals surface area contributed by atoms with E-state index in [4.69, 9.17) is 0 Å². The smallest absolute Gasteiger partial charge is 0.127 e. The van der Waals surface area contributed by atoms with Crippen LogP contribution in [0.1, 0.15) is 46.1 Å². The maximum atomic E-state index is 14.6. The van der Waals surface area contributed by atoms with Crippen LogP contribution in [0.4, 0.5) is 13.2 Å². The molecule has 1 N–H and O–H groups in total. The molecule has 4 unspecified atom stereocenters. The molecule has 0 spiro atoms. The van der Waals surface area contributed by atoms with Crippen molar-refractivity contribution in [3.63, 3.8) is 0 Å². The fourth-order valence-corrected chi connectivity index (χ4v) is 3.98. The van der Waals surface area contributed by atoms with Crippen LogP contribution in [0.25, 0.3) is 0 Å². The van der Waals surface area contributed by atoms with Crippen LogP contribution in [0, 0.1) is 23.0 Å². The van der Waals surface area contributed by atoms with Gasteiger partial charge in [-0.25, -0.2) is 13.2 Å². The van der Waals surface area contributed by atoms with Gasteiger partial charge in [0.15, 0.2) is 0 Å². The molecule has 5 nitrogen and oxygen atoms in total. The van der Waals surface area contributed by atoms with Crippen molar-refractivity contribution in [3.05, 3.63) is 46.7 Å². The Morgan fingerprint density at radius 1 is 1.25 bits per heavy atom. The van der Waals surface area contributed by atoms with Crippen molar-refractivity contribution >= 4 is 11.9 Å². The van der Waals surface area contributed by atoms with Crippen molar-refractivity contribution in [3.8, 4) is 0 Å². The monoisotopic (exact) mass is 397 g/mol. The molecule has 0 aliphatic carbocycles. The molecule has 0 saturated heterocycles. The predicted molar refractivity (Wildman–Crippen MR) is 91.2 cm³/mol. The number of halogens is 3. The van der Waals surface area contributed by atoms with E-state index in [1.54, 1.807) is 0 Å². The molecule has 8 heteroatoms. The molecule has 154 valence electrons. The van der Waals surface area contributed by atoms with E-state index in [9.17, 15) is 33.0 Å². The lowest BCUT2D eigenvalue weighted by molar-refractivity contribution is -0.317. The summed E-state index contributed by atoms with van der Waals surface area (Å²) in [6, 6.07) is 2.35. The van der Waals surface area contributed by atoms with E-state index >= 15 is 0 Å². The average molecular weight is 397 g/mol. The Morgan fingerprint density at radius 2 is 1.82 bits per heavy atom. The van der Waals surface area contributed by atoms with Gasteiger partial charge in [0.1, 0.15) is 17.8 Å². The molecular formula is C20H22F3NO4-2. The Hall–Kier alpha value is -2.51. The molecule has 1 aromatic carbocycles. The first-order valence-electron chi connectivity index (χ1n) is 8.75. The zero-order valence-electron chi connectivity index (χ0n) is 16.2. The minimum absolute atomic E-state index is 0.0117. The highest BCUT2D eigenvalue weighted by Crippen LogP contribution is 2.51. The molecule has 0 fully saturated rings. The van der Waals surface area contributed by atoms with Gasteiger partial charge in [-0.3, -0.25) is 0 Å². The van der Waals surface area contributed by atoms with E-state index < -0.39 is 63.7 Å². The van der Waals surface area contributed by atoms with Crippen LogP contribution in [-0.2, 0) is 9.59 Å². The molecule has 0 radical (unpaired) electrons. The van der Waals surface area contributed by atoms with Crippen molar-refractivity contribution in [2.75, 3.05) is 0 Å². The molecule has 0 bridgehead atoms. The summed E-state index contributed by atoms with van der Waals surface area (Å²) in [5.41, 5.74) is -3.96. The minimum Gasteiger partial charge on any atom is -0.550 e. The van der Waals surface area contributed by atoms with E-state index in [0.717, 1.165) is 18.2 Å². The largest absolute Gasteiger partial charge is 0.550 e. The van der Waals surface area contributed by atoms with Gasteiger partial charge in [0.05, 0.1) is 11.5 Å². The van der Waals surface area contributed by atoms with E-state index in [-0.39, 0.29) is 5.70 Å². The summed E-state index contributed by atoms with van der Waals surface area (Å²) < 4.78 is 42.8. The Morgan fingerprint density at radius 3 is 2.29 bits per heavy atom. The average Bonchev–Trinajstić information content (AvgIpc) is 2.55. The van der Waals surface area contributed by atoms with Gasteiger partial charge in [0, 0.05) is 34.5 Å². The number of rotatable bonds is 5. The summed E-state index contributed by atoms with van der Waals surface area (Å²) >= 11 is 0. The van der Waals surface area contributed by atoms with Crippen LogP contribution in [0.2, 0.25) is 0 Å². The molecule has 2 rings (SSSR count). The van der Waals surface area contributed by atoms with Crippen molar-refractivity contribution in [1.82, 2.24) is 5.32 Å². The lowest BCUT2D eigenvalue weighted by Crippen LogP contribution is -2.68. The minimum atomic E-state index is -1.74. The summed E-state index contributed by atoms with van der Waals surface area (Å²) in [7, 11) is 0. The second-order valence-corrected chi connectivity index (χ2v) is 7.93. The second kappa shape index (κ2) is 7.14. The summed E-state index contributed by atoms with van der Waals surface area (Å²) in [5.74, 6) is -8.69. The molecule has 1 heterocycles. The number of carbonyl (C=O) groups excluding carboxylic acids is 2. The number of benzene rings is 1. The summed E-state index contributed by atoms with van der Waals surface area (Å²) in [6.45, 7) is 6.93. The lowest BCUT2D eigenvalue weighted by Gasteiger charge is -2.57. The molecular weight excluding hydrogens is 375 g/mol. The number of alkyl halides is 1. The van der Waals surface area contributed by atoms with Gasteiger partial charge < -0.3 is 25.1 Å². The van der Waals surface area contributed by atoms with E-state index in [1.807, 2.05) is 0 Å². The molecule has 28 heavy (non-hydrogen) atoms. The normalized spacial score (nSPS) is 26.6. The van der Waals surface area contributed by atoms with Gasteiger partial charge in [-0.05, 0) is 44.5 Å². The number of allylic oxidation sites excluding steroid dienone is 1. The molecule has 4 atom stereocenters. The van der Waals surface area contributed by atoms with Gasteiger partial charge in [0.2, 0.25) is 0 Å². The zero-order chi connectivity index (χ0) is 21.6. The summed E-state index contributed by atoms with van der Waals surface area (Å²) in [4.78, 5) is 24.0. The summed E-state index contributed by atoms with van der Waals surface area (Å²) in [6.07, 6.45) is -1.53. The SMILES string of the molecule is CC1=C(C(=O)[O-])C(c2cc(F)ccc2F)C(C(=O)[O-])C(C)(C(C)(C)C(C)F)N1. The lowest BCUT2D eigenvalue weighted by atomic mass is 9.57. The Labute approximate surface area is 161 Å². The maximum Gasteiger partial charge on any atom is 0.127 e. The molecule has 0 amide bonds. The van der Waals surface area contributed by atoms with Crippen LogP contribution >= 0.6 is 0 Å². The fraction of sp³-hybridized carbons (Fsp3) is 0.500. The van der Waals surface area contributed by atoms with E-state index in [1.165, 1.54) is 34.6 Å². The third kappa shape index (κ3) is 3.25. The van der Waals surface area contributed by atoms with Crippen molar-refractivity contribution in [2.24, 2.45) is 11.3 Å². The predicted octanol–water partition coefficient (Wildman–Crippen LogP) is 1.18. The van der Waals surface area contributed by atoms with Gasteiger partial charge in [0.25, 0.3) is 0 Å². The number of aliphatic carboxylic acids is 2. The third-order valence-corrected chi connectivity index (χ3v) is 6.22. The second-order valence-electron chi connectivity index (χ2n) is 7.93. The first-order chi connectivity index (χ1) is 12.8. The van der Waals surface area contributed by atoms with Crippen LogP contribution in [0.3, 0.4) is 0 Å². The van der Waals surface area contributed by atoms with Crippen LogP contribution in [0.15, 0.2) is 29.5 Å². The number of hydrogen-bond donors (Lipinski definition) is 1. The van der Waals surface area contributed by atoms with Crippen molar-refractivity contribution in [1.29, 1.82) is 0 Å². The zero-order valence-corrected chi connectivity index (χ0v) is 16.2. The standard InChI is InChI=1S/C20H24F3NO4/c1-9-14(17(25)26)15(12-8-11(22)6-7-13(12)23)16(18(27)28)20(5,24-9)19(3,4)10(2)21/h6-8,10,15-16,24H,1-5H3,(H,25,26)(H,27,28)/p-2. The third-order valence-electron chi connectivity index (χ3n) is 6.22. The van der Waals surface area contributed by atoms with E-state index in [0.29, 0.717) is 0 Å². The first kappa shape index (κ1) is 21.8. The Bertz CT molecular complexity index is 850. The Balaban J connectivity index is 2.90. The van der Waals surface area contributed by atoms with Crippen LogP contribution in [-0.4, -0.2) is 23.6 Å². The summed E-state index contributed by atoms with van der Waals surface area (Å²) in [5, 5.41) is 26.8. The Kier molecular flexibility index (Phi) is 5.56. The highest BCUT2D eigenvalue weighted by Gasteiger charge is 2.56. The fourth-order valence-electron chi connectivity index (χ4n) is 3.98. The van der Waals surface area contributed by atoms with E-state index in [2.05, 4.69) is 5.32 Å². The van der Waals surface area contributed by atoms with Gasteiger partial charge in [-0.15, -0.1) is 0 Å². The van der Waals surface area contributed by atoms with Gasteiger partial charge >= 0.3 is 0 Å². The number of nitrogens with one attached hydrogen (secondary N) is 1. The molecule has 1 aliphatic rings. The van der Waals surface area contributed by atoms with Crippen LogP contribution < -0.4 is 15.5 Å². The number of carboxylic acids is 2. The van der Waals surface area contributed by atoms with Crippen molar-refractivity contribution < 1.29 is 33.0 Å². The van der Waals surface area contributed by atoms with Gasteiger partial charge in [-0.2, -0.15) is 0 Å².